The lowest BCUT2D eigenvalue weighted by atomic mass is 10.0. The number of hydrogen-bond acceptors (Lipinski definition) is 2. The minimum Gasteiger partial charge on any atom is -0.323 e. The van der Waals surface area contributed by atoms with Crippen LogP contribution in [-0.4, -0.2) is 9.78 Å². The van der Waals surface area contributed by atoms with Crippen molar-refractivity contribution in [3.63, 3.8) is 0 Å². The maximum atomic E-state index is 6.00. The molecule has 0 aliphatic carbocycles. The van der Waals surface area contributed by atoms with Crippen LogP contribution >= 0.6 is 0 Å². The molecule has 3 nitrogen and oxygen atoms in total. The summed E-state index contributed by atoms with van der Waals surface area (Å²) in [5.41, 5.74) is 8.17. The van der Waals surface area contributed by atoms with Crippen molar-refractivity contribution >= 4 is 0 Å². The first-order valence-electron chi connectivity index (χ1n) is 4.76. The summed E-state index contributed by atoms with van der Waals surface area (Å²) in [6.07, 6.45) is 0.996. The third kappa shape index (κ3) is 2.56. The second kappa shape index (κ2) is 3.92. The summed E-state index contributed by atoms with van der Waals surface area (Å²) >= 11 is 0. The predicted octanol–water partition coefficient (Wildman–Crippen LogP) is 1.77. The second-order valence-electron chi connectivity index (χ2n) is 4.07. The van der Waals surface area contributed by atoms with Crippen molar-refractivity contribution in [2.24, 2.45) is 18.7 Å². The maximum absolute atomic E-state index is 6.00. The van der Waals surface area contributed by atoms with Gasteiger partial charge in [0.05, 0.1) is 5.69 Å². The molecule has 74 valence electrons. The molecule has 1 unspecified atom stereocenters. The summed E-state index contributed by atoms with van der Waals surface area (Å²) in [6, 6.07) is 2.15. The Bertz CT molecular complexity index is 256. The quantitative estimate of drug-likeness (QED) is 0.772. The molecule has 0 saturated carbocycles. The molecule has 2 N–H and O–H groups in total. The van der Waals surface area contributed by atoms with E-state index >= 15 is 0 Å². The van der Waals surface area contributed by atoms with Crippen molar-refractivity contribution in [2.45, 2.75) is 33.2 Å². The Balaban J connectivity index is 2.71. The molecule has 1 heterocycles. The van der Waals surface area contributed by atoms with E-state index < -0.39 is 0 Å². The molecule has 1 rings (SSSR count). The van der Waals surface area contributed by atoms with Crippen LogP contribution in [0.5, 0.6) is 0 Å². The highest BCUT2D eigenvalue weighted by molar-refractivity contribution is 5.12. The number of nitrogens with two attached hydrogens (primary N) is 1. The van der Waals surface area contributed by atoms with Crippen LogP contribution in [-0.2, 0) is 7.05 Å². The van der Waals surface area contributed by atoms with Crippen molar-refractivity contribution < 1.29 is 0 Å². The van der Waals surface area contributed by atoms with E-state index in [1.807, 2.05) is 18.7 Å². The van der Waals surface area contributed by atoms with Gasteiger partial charge in [-0.1, -0.05) is 13.8 Å². The molecule has 0 radical (unpaired) electrons. The molecular formula is C10H19N3. The zero-order valence-electron chi connectivity index (χ0n) is 8.91. The lowest BCUT2D eigenvalue weighted by Crippen LogP contribution is -2.13. The smallest absolute Gasteiger partial charge is 0.0794 e. The van der Waals surface area contributed by atoms with Crippen LogP contribution in [0.25, 0.3) is 0 Å². The van der Waals surface area contributed by atoms with Crippen LogP contribution in [0.1, 0.15) is 37.7 Å². The van der Waals surface area contributed by atoms with Gasteiger partial charge in [-0.15, -0.1) is 0 Å². The highest BCUT2D eigenvalue weighted by Crippen LogP contribution is 2.17. The summed E-state index contributed by atoms with van der Waals surface area (Å²) in [4.78, 5) is 0. The lowest BCUT2D eigenvalue weighted by molar-refractivity contribution is 0.497. The number of nitrogens with zero attached hydrogens (tertiary/aromatic N) is 2. The fourth-order valence-electron chi connectivity index (χ4n) is 1.40. The van der Waals surface area contributed by atoms with Crippen molar-refractivity contribution in [3.05, 3.63) is 17.5 Å². The van der Waals surface area contributed by atoms with E-state index in [4.69, 9.17) is 5.73 Å². The Kier molecular flexibility index (Phi) is 3.09. The number of aryl methyl sites for hydroxylation is 2. The van der Waals surface area contributed by atoms with Gasteiger partial charge in [-0.3, -0.25) is 4.68 Å². The largest absolute Gasteiger partial charge is 0.323 e. The van der Waals surface area contributed by atoms with Gasteiger partial charge in [0, 0.05) is 18.8 Å². The molecule has 0 aliphatic heterocycles. The van der Waals surface area contributed by atoms with Crippen LogP contribution in [0.3, 0.4) is 0 Å². The average molecular weight is 181 g/mol. The van der Waals surface area contributed by atoms with Crippen molar-refractivity contribution in [2.75, 3.05) is 0 Å². The summed E-state index contributed by atoms with van der Waals surface area (Å²) in [5.74, 6) is 0.623. The van der Waals surface area contributed by atoms with Crippen LogP contribution in [0.4, 0.5) is 0 Å². The fraction of sp³-hybridized carbons (Fsp3) is 0.700. The van der Waals surface area contributed by atoms with Gasteiger partial charge in [-0.25, -0.2) is 0 Å². The predicted molar refractivity (Wildman–Crippen MR) is 54.3 cm³/mol. The minimum atomic E-state index is 0.0832. The molecule has 0 amide bonds. The van der Waals surface area contributed by atoms with E-state index in [1.54, 1.807) is 0 Å². The van der Waals surface area contributed by atoms with Gasteiger partial charge in [0.15, 0.2) is 0 Å². The highest BCUT2D eigenvalue weighted by Gasteiger charge is 2.11. The topological polar surface area (TPSA) is 43.8 Å². The third-order valence-corrected chi connectivity index (χ3v) is 2.24. The zero-order chi connectivity index (χ0) is 10.0. The summed E-state index contributed by atoms with van der Waals surface area (Å²) in [7, 11) is 1.95. The Morgan fingerprint density at radius 2 is 2.15 bits per heavy atom. The molecule has 0 aromatic carbocycles. The van der Waals surface area contributed by atoms with Crippen molar-refractivity contribution in [1.82, 2.24) is 9.78 Å². The first-order chi connectivity index (χ1) is 6.00. The molecule has 13 heavy (non-hydrogen) atoms. The van der Waals surface area contributed by atoms with Crippen molar-refractivity contribution in [1.29, 1.82) is 0 Å². The van der Waals surface area contributed by atoms with E-state index in [0.29, 0.717) is 5.92 Å². The molecule has 1 atom stereocenters. The number of hydrogen-bond donors (Lipinski definition) is 1. The Labute approximate surface area is 79.9 Å². The molecular weight excluding hydrogens is 162 g/mol. The first-order valence-corrected chi connectivity index (χ1v) is 4.76. The van der Waals surface area contributed by atoms with Crippen LogP contribution in [0.15, 0.2) is 6.07 Å². The molecule has 1 aromatic heterocycles. The molecule has 3 heteroatoms. The standard InChI is InChI=1S/C10H19N3/c1-7(2)5-9(11)10-6-8(3)13(4)12-10/h6-7,9H,5,11H2,1-4H3. The fourth-order valence-corrected chi connectivity index (χ4v) is 1.40. The normalized spacial score (nSPS) is 13.7. The summed E-state index contributed by atoms with van der Waals surface area (Å²) in [5, 5.41) is 4.35. The van der Waals surface area contributed by atoms with Crippen LogP contribution in [0.2, 0.25) is 0 Å². The van der Waals surface area contributed by atoms with E-state index in [9.17, 15) is 0 Å². The molecule has 0 bridgehead atoms. The maximum Gasteiger partial charge on any atom is 0.0794 e. The molecule has 0 aliphatic rings. The third-order valence-electron chi connectivity index (χ3n) is 2.24. The van der Waals surface area contributed by atoms with Gasteiger partial charge >= 0.3 is 0 Å². The van der Waals surface area contributed by atoms with E-state index in [-0.39, 0.29) is 6.04 Å². The van der Waals surface area contributed by atoms with E-state index in [2.05, 4.69) is 25.0 Å². The first kappa shape index (κ1) is 10.3. The van der Waals surface area contributed by atoms with Gasteiger partial charge < -0.3 is 5.73 Å². The molecule has 0 spiro atoms. The lowest BCUT2D eigenvalue weighted by Gasteiger charge is -2.10. The monoisotopic (exact) mass is 181 g/mol. The van der Waals surface area contributed by atoms with Crippen LogP contribution < -0.4 is 5.73 Å². The van der Waals surface area contributed by atoms with Crippen molar-refractivity contribution in [3.8, 4) is 0 Å². The zero-order valence-corrected chi connectivity index (χ0v) is 8.91. The minimum absolute atomic E-state index is 0.0832. The van der Waals surface area contributed by atoms with Gasteiger partial charge in [0.2, 0.25) is 0 Å². The van der Waals surface area contributed by atoms with Gasteiger partial charge in [0.25, 0.3) is 0 Å². The second-order valence-corrected chi connectivity index (χ2v) is 4.07. The Hall–Kier alpha value is -0.830. The summed E-state index contributed by atoms with van der Waals surface area (Å²) < 4.78 is 1.87. The highest BCUT2D eigenvalue weighted by atomic mass is 15.3. The van der Waals surface area contributed by atoms with Gasteiger partial charge in [-0.2, -0.15) is 5.10 Å². The van der Waals surface area contributed by atoms with Gasteiger partial charge in [0.1, 0.15) is 0 Å². The van der Waals surface area contributed by atoms with Crippen LogP contribution in [0, 0.1) is 12.8 Å². The van der Waals surface area contributed by atoms with E-state index in [0.717, 1.165) is 17.8 Å². The number of rotatable bonds is 3. The Morgan fingerprint density at radius 3 is 2.54 bits per heavy atom. The molecule has 0 saturated heterocycles. The van der Waals surface area contributed by atoms with Gasteiger partial charge in [-0.05, 0) is 25.3 Å². The van der Waals surface area contributed by atoms with E-state index in [1.165, 1.54) is 0 Å². The average Bonchev–Trinajstić information content (AvgIpc) is 2.31. The summed E-state index contributed by atoms with van der Waals surface area (Å²) in [6.45, 7) is 6.39. The molecule has 1 aromatic rings. The molecule has 0 fully saturated rings. The number of aromatic nitrogens is 2. The Morgan fingerprint density at radius 1 is 1.54 bits per heavy atom. The SMILES string of the molecule is Cc1cc(C(N)CC(C)C)nn1C.